The molecule has 3 heteroatoms. The van der Waals surface area contributed by atoms with Crippen molar-refractivity contribution in [2.45, 2.75) is 39.8 Å². The van der Waals surface area contributed by atoms with Crippen molar-refractivity contribution < 1.29 is 9.53 Å². The molecule has 0 radical (unpaired) electrons. The highest BCUT2D eigenvalue weighted by Gasteiger charge is 2.04. The lowest BCUT2D eigenvalue weighted by Gasteiger charge is -2.10. The lowest BCUT2D eigenvalue weighted by molar-refractivity contribution is -0.146. The van der Waals surface area contributed by atoms with Crippen molar-refractivity contribution in [3.8, 4) is 12.8 Å². The van der Waals surface area contributed by atoms with Crippen molar-refractivity contribution >= 4 is 5.97 Å². The fourth-order valence-corrected chi connectivity index (χ4v) is 0.592. The fourth-order valence-electron chi connectivity index (χ4n) is 0.592. The van der Waals surface area contributed by atoms with Crippen LogP contribution < -0.4 is 5.32 Å². The molecule has 0 bridgehead atoms. The van der Waals surface area contributed by atoms with Crippen LogP contribution in [0.5, 0.6) is 0 Å². The monoisotopic (exact) mass is 185 g/mol. The van der Waals surface area contributed by atoms with Gasteiger partial charge in [0.15, 0.2) is 0 Å². The van der Waals surface area contributed by atoms with E-state index in [1.54, 1.807) is 0 Å². The molecule has 0 fully saturated rings. The standard InChI is InChI=1S/C8H17NO2.C2H2/c1-6(2)9-5-8(10)11-7(3)4;1-2/h6-7,9H,5H2,1-4H3;1-2H. The van der Waals surface area contributed by atoms with E-state index >= 15 is 0 Å². The first-order valence-electron chi connectivity index (χ1n) is 4.28. The summed E-state index contributed by atoms with van der Waals surface area (Å²) in [6.45, 7) is 7.96. The lowest BCUT2D eigenvalue weighted by atomic mass is 10.4. The molecular formula is C10H19NO2. The zero-order valence-electron chi connectivity index (χ0n) is 8.83. The van der Waals surface area contributed by atoms with Crippen molar-refractivity contribution in [3.63, 3.8) is 0 Å². The molecule has 1 N–H and O–H groups in total. The Balaban J connectivity index is 0. The summed E-state index contributed by atoms with van der Waals surface area (Å²) in [6.07, 6.45) is 7.98. The molecule has 0 aliphatic heterocycles. The molecule has 0 amide bonds. The Morgan fingerprint density at radius 3 is 2.08 bits per heavy atom. The maximum absolute atomic E-state index is 10.9. The summed E-state index contributed by atoms with van der Waals surface area (Å²) < 4.78 is 4.90. The number of esters is 1. The van der Waals surface area contributed by atoms with Crippen LogP contribution in [-0.4, -0.2) is 24.7 Å². The summed E-state index contributed by atoms with van der Waals surface area (Å²) in [5, 5.41) is 2.98. The Hall–Kier alpha value is -1.01. The van der Waals surface area contributed by atoms with Crippen LogP contribution in [0.4, 0.5) is 0 Å². The molecule has 0 aliphatic rings. The molecule has 13 heavy (non-hydrogen) atoms. The molecule has 0 atom stereocenters. The van der Waals surface area contributed by atoms with Crippen molar-refractivity contribution in [3.05, 3.63) is 0 Å². The average molecular weight is 185 g/mol. The second-order valence-corrected chi connectivity index (χ2v) is 3.07. The first kappa shape index (κ1) is 14.5. The van der Waals surface area contributed by atoms with Crippen LogP contribution in [-0.2, 0) is 9.53 Å². The quantitative estimate of drug-likeness (QED) is 0.528. The molecule has 0 aromatic carbocycles. The van der Waals surface area contributed by atoms with E-state index in [0.29, 0.717) is 12.6 Å². The Kier molecular flexibility index (Phi) is 10.1. The molecule has 0 saturated carbocycles. The van der Waals surface area contributed by atoms with E-state index in [4.69, 9.17) is 4.74 Å². The van der Waals surface area contributed by atoms with E-state index in [1.165, 1.54) is 0 Å². The number of carbonyl (C=O) groups is 1. The van der Waals surface area contributed by atoms with Gasteiger partial charge in [0.2, 0.25) is 0 Å². The van der Waals surface area contributed by atoms with Gasteiger partial charge in [-0.15, -0.1) is 12.8 Å². The molecule has 0 aromatic heterocycles. The summed E-state index contributed by atoms with van der Waals surface area (Å²) in [4.78, 5) is 10.9. The van der Waals surface area contributed by atoms with Crippen LogP contribution in [0.25, 0.3) is 0 Å². The molecule has 0 aromatic rings. The van der Waals surface area contributed by atoms with Crippen molar-refractivity contribution in [2.75, 3.05) is 6.54 Å². The highest BCUT2D eigenvalue weighted by atomic mass is 16.5. The minimum absolute atomic E-state index is 0.0172. The summed E-state index contributed by atoms with van der Waals surface area (Å²) in [7, 11) is 0. The predicted octanol–water partition coefficient (Wildman–Crippen LogP) is 1.19. The van der Waals surface area contributed by atoms with Gasteiger partial charge in [-0.1, -0.05) is 13.8 Å². The summed E-state index contributed by atoms with van der Waals surface area (Å²) in [5.74, 6) is -0.186. The zero-order valence-corrected chi connectivity index (χ0v) is 8.83. The number of hydrogen-bond donors (Lipinski definition) is 1. The van der Waals surface area contributed by atoms with Gasteiger partial charge in [0.1, 0.15) is 0 Å². The first-order chi connectivity index (χ1) is 6.02. The number of hydrogen-bond acceptors (Lipinski definition) is 3. The van der Waals surface area contributed by atoms with Gasteiger partial charge in [0, 0.05) is 6.04 Å². The number of nitrogens with one attached hydrogen (secondary N) is 1. The maximum Gasteiger partial charge on any atom is 0.320 e. The normalized spacial score (nSPS) is 9.23. The lowest BCUT2D eigenvalue weighted by Crippen LogP contribution is -2.31. The highest BCUT2D eigenvalue weighted by molar-refractivity contribution is 5.71. The molecule has 76 valence electrons. The molecule has 0 rings (SSSR count). The van der Waals surface area contributed by atoms with Crippen LogP contribution in [0.1, 0.15) is 27.7 Å². The average Bonchev–Trinajstić information content (AvgIpc) is 2.03. The van der Waals surface area contributed by atoms with Gasteiger partial charge in [-0.2, -0.15) is 0 Å². The first-order valence-corrected chi connectivity index (χ1v) is 4.28. The molecule has 0 saturated heterocycles. The SMILES string of the molecule is C#C.CC(C)NCC(=O)OC(C)C. The zero-order chi connectivity index (χ0) is 10.9. The second-order valence-electron chi connectivity index (χ2n) is 3.07. The van der Waals surface area contributed by atoms with Crippen molar-refractivity contribution in [1.29, 1.82) is 0 Å². The summed E-state index contributed by atoms with van der Waals surface area (Å²) in [5.41, 5.74) is 0. The minimum atomic E-state index is -0.186. The van der Waals surface area contributed by atoms with Crippen LogP contribution in [0.15, 0.2) is 0 Å². The third-order valence-corrected chi connectivity index (χ3v) is 1.02. The topological polar surface area (TPSA) is 38.3 Å². The molecule has 0 spiro atoms. The fraction of sp³-hybridized carbons (Fsp3) is 0.700. The summed E-state index contributed by atoms with van der Waals surface area (Å²) >= 11 is 0. The van der Waals surface area contributed by atoms with Crippen LogP contribution in [0.3, 0.4) is 0 Å². The summed E-state index contributed by atoms with van der Waals surface area (Å²) in [6, 6.07) is 0.328. The van der Waals surface area contributed by atoms with Gasteiger partial charge in [-0.05, 0) is 13.8 Å². The molecular weight excluding hydrogens is 166 g/mol. The minimum Gasteiger partial charge on any atom is -0.462 e. The Morgan fingerprint density at radius 1 is 1.31 bits per heavy atom. The van der Waals surface area contributed by atoms with Gasteiger partial charge in [-0.3, -0.25) is 4.79 Å². The maximum atomic E-state index is 10.9. The van der Waals surface area contributed by atoms with Crippen LogP contribution >= 0.6 is 0 Å². The van der Waals surface area contributed by atoms with Gasteiger partial charge in [0.05, 0.1) is 12.6 Å². The Labute approximate surface area is 80.9 Å². The smallest absolute Gasteiger partial charge is 0.320 e. The van der Waals surface area contributed by atoms with Crippen LogP contribution in [0, 0.1) is 12.8 Å². The number of ether oxygens (including phenoxy) is 1. The van der Waals surface area contributed by atoms with E-state index in [9.17, 15) is 4.79 Å². The van der Waals surface area contributed by atoms with Gasteiger partial charge in [-0.25, -0.2) is 0 Å². The van der Waals surface area contributed by atoms with Gasteiger partial charge in [0.25, 0.3) is 0 Å². The molecule has 0 unspecified atom stereocenters. The third-order valence-electron chi connectivity index (χ3n) is 1.02. The van der Waals surface area contributed by atoms with Gasteiger partial charge >= 0.3 is 5.97 Å². The number of carbonyl (C=O) groups excluding carboxylic acids is 1. The van der Waals surface area contributed by atoms with E-state index in [-0.39, 0.29) is 12.1 Å². The molecule has 3 nitrogen and oxygen atoms in total. The second kappa shape index (κ2) is 9.08. The largest absolute Gasteiger partial charge is 0.462 e. The number of terminal acetylenes is 1. The van der Waals surface area contributed by atoms with Gasteiger partial charge < -0.3 is 10.1 Å². The van der Waals surface area contributed by atoms with E-state index in [0.717, 1.165) is 0 Å². The Bertz CT molecular complexity index is 150. The number of rotatable bonds is 4. The van der Waals surface area contributed by atoms with E-state index in [1.807, 2.05) is 27.7 Å². The van der Waals surface area contributed by atoms with Crippen molar-refractivity contribution in [2.24, 2.45) is 0 Å². The Morgan fingerprint density at radius 2 is 1.77 bits per heavy atom. The van der Waals surface area contributed by atoms with Crippen molar-refractivity contribution in [1.82, 2.24) is 5.32 Å². The predicted molar refractivity (Wildman–Crippen MR) is 54.3 cm³/mol. The van der Waals surface area contributed by atoms with E-state index < -0.39 is 0 Å². The molecule has 0 heterocycles. The van der Waals surface area contributed by atoms with E-state index in [2.05, 4.69) is 18.2 Å². The molecule has 0 aliphatic carbocycles. The van der Waals surface area contributed by atoms with Crippen LogP contribution in [0.2, 0.25) is 0 Å². The third kappa shape index (κ3) is 13.9. The highest BCUT2D eigenvalue weighted by Crippen LogP contribution is 1.87.